The third-order valence-electron chi connectivity index (χ3n) is 5.08. The van der Waals surface area contributed by atoms with E-state index in [-0.39, 0.29) is 6.61 Å². The molecule has 0 spiro atoms. The number of aliphatic hydroxyl groups excluding tert-OH is 1. The van der Waals surface area contributed by atoms with E-state index in [0.29, 0.717) is 6.04 Å². The highest BCUT2D eigenvalue weighted by atomic mass is 16.3. The molecule has 0 aliphatic carbocycles. The van der Waals surface area contributed by atoms with E-state index in [9.17, 15) is 0 Å². The Morgan fingerprint density at radius 3 is 2.00 bits per heavy atom. The predicted octanol–water partition coefficient (Wildman–Crippen LogP) is 5.78. The maximum absolute atomic E-state index is 9.00. The second-order valence-electron chi connectivity index (χ2n) is 7.50. The molecule has 0 fully saturated rings. The number of aliphatic imine (C=N–C) groups is 1. The monoisotopic (exact) mass is 350 g/mol. The normalized spacial score (nSPS) is 17.2. The molecule has 1 heterocycles. The van der Waals surface area contributed by atoms with E-state index < -0.39 is 0 Å². The van der Waals surface area contributed by atoms with E-state index in [1.54, 1.807) is 0 Å². The van der Waals surface area contributed by atoms with Gasteiger partial charge in [0.2, 0.25) is 0 Å². The lowest BCUT2D eigenvalue weighted by molar-refractivity contribution is 0.354. The fourth-order valence-corrected chi connectivity index (χ4v) is 3.44. The van der Waals surface area contributed by atoms with Gasteiger partial charge in [0.15, 0.2) is 0 Å². The number of aliphatic hydroxyl groups is 1. The average Bonchev–Trinajstić information content (AvgIpc) is 3.09. The van der Waals surface area contributed by atoms with Gasteiger partial charge in [0.25, 0.3) is 0 Å². The van der Waals surface area contributed by atoms with Crippen molar-refractivity contribution in [1.82, 2.24) is 5.32 Å². The lowest BCUT2D eigenvalue weighted by Crippen LogP contribution is -2.23. The standard InChI is InChI=1S/C22H42N2O/c1-2-3-4-5-6-7-8-9-10-11-12-13-14-15-16-17-18-21-19-23-22(20-25)24-21/h9-10,21,25H,2-8,11-20H2,1H3,(H,23,24)/b10-9-. The highest BCUT2D eigenvalue weighted by Gasteiger charge is 2.14. The van der Waals surface area contributed by atoms with Gasteiger partial charge in [-0.1, -0.05) is 83.3 Å². The average molecular weight is 351 g/mol. The van der Waals surface area contributed by atoms with Crippen molar-refractivity contribution in [3.8, 4) is 0 Å². The number of unbranched alkanes of at least 4 members (excludes halogenated alkanes) is 12. The van der Waals surface area contributed by atoms with Crippen molar-refractivity contribution in [2.24, 2.45) is 4.99 Å². The molecule has 1 aliphatic rings. The van der Waals surface area contributed by atoms with Crippen molar-refractivity contribution in [1.29, 1.82) is 0 Å². The van der Waals surface area contributed by atoms with Crippen LogP contribution in [0.2, 0.25) is 0 Å². The third-order valence-corrected chi connectivity index (χ3v) is 5.08. The molecule has 146 valence electrons. The molecule has 0 radical (unpaired) electrons. The number of hydrogen-bond acceptors (Lipinski definition) is 3. The Kier molecular flexibility index (Phi) is 14.8. The third kappa shape index (κ3) is 13.1. The molecule has 25 heavy (non-hydrogen) atoms. The Labute approximate surface area is 156 Å². The first-order chi connectivity index (χ1) is 12.4. The minimum absolute atomic E-state index is 0.0594. The number of amidine groups is 1. The molecule has 0 aromatic heterocycles. The topological polar surface area (TPSA) is 44.6 Å². The smallest absolute Gasteiger partial charge is 0.123 e. The van der Waals surface area contributed by atoms with Crippen LogP contribution in [0, 0.1) is 0 Å². The van der Waals surface area contributed by atoms with Crippen LogP contribution >= 0.6 is 0 Å². The molecular weight excluding hydrogens is 308 g/mol. The first-order valence-corrected chi connectivity index (χ1v) is 10.9. The van der Waals surface area contributed by atoms with Crippen molar-refractivity contribution in [3.63, 3.8) is 0 Å². The van der Waals surface area contributed by atoms with Gasteiger partial charge in [-0.2, -0.15) is 0 Å². The number of nitrogens with one attached hydrogen (secondary N) is 1. The van der Waals surface area contributed by atoms with Crippen LogP contribution in [0.5, 0.6) is 0 Å². The minimum atomic E-state index is 0.0594. The van der Waals surface area contributed by atoms with E-state index in [0.717, 1.165) is 18.8 Å². The zero-order chi connectivity index (χ0) is 18.0. The van der Waals surface area contributed by atoms with E-state index in [4.69, 9.17) is 5.11 Å². The molecule has 0 saturated heterocycles. The number of hydrogen-bond donors (Lipinski definition) is 2. The number of rotatable bonds is 17. The summed E-state index contributed by atoms with van der Waals surface area (Å²) < 4.78 is 0. The van der Waals surface area contributed by atoms with Crippen LogP contribution in [-0.4, -0.2) is 30.1 Å². The van der Waals surface area contributed by atoms with Gasteiger partial charge < -0.3 is 10.4 Å². The summed E-state index contributed by atoms with van der Waals surface area (Å²) in [6, 6.07) is 0.402. The first kappa shape index (κ1) is 22.2. The van der Waals surface area contributed by atoms with Crippen molar-refractivity contribution >= 4 is 5.84 Å². The van der Waals surface area contributed by atoms with Crippen LogP contribution < -0.4 is 5.32 Å². The summed E-state index contributed by atoms with van der Waals surface area (Å²) >= 11 is 0. The summed E-state index contributed by atoms with van der Waals surface area (Å²) in [4.78, 5) is 4.46. The molecule has 0 aromatic carbocycles. The van der Waals surface area contributed by atoms with Crippen molar-refractivity contribution in [2.45, 2.75) is 109 Å². The maximum atomic E-state index is 9.00. The van der Waals surface area contributed by atoms with Gasteiger partial charge in [0, 0.05) is 6.54 Å². The van der Waals surface area contributed by atoms with Crippen LogP contribution in [0.4, 0.5) is 0 Å². The first-order valence-electron chi connectivity index (χ1n) is 10.9. The second kappa shape index (κ2) is 16.6. The summed E-state index contributed by atoms with van der Waals surface area (Å²) in [5.74, 6) is 0.773. The highest BCUT2D eigenvalue weighted by molar-refractivity contribution is 5.84. The van der Waals surface area contributed by atoms with Crippen LogP contribution in [0.1, 0.15) is 103 Å². The molecule has 3 heteroatoms. The van der Waals surface area contributed by atoms with E-state index in [1.165, 1.54) is 89.9 Å². The second-order valence-corrected chi connectivity index (χ2v) is 7.50. The van der Waals surface area contributed by atoms with Gasteiger partial charge in [0.1, 0.15) is 12.4 Å². The predicted molar refractivity (Wildman–Crippen MR) is 110 cm³/mol. The Bertz CT molecular complexity index is 352. The van der Waals surface area contributed by atoms with E-state index in [1.807, 2.05) is 0 Å². The van der Waals surface area contributed by atoms with Gasteiger partial charge in [-0.05, 0) is 32.1 Å². The SMILES string of the molecule is CCCCCCCC/C=C\CCCCCCCCC1CNC(CO)=N1. The summed E-state index contributed by atoms with van der Waals surface area (Å²) in [5.41, 5.74) is 0. The highest BCUT2D eigenvalue weighted by Crippen LogP contribution is 2.13. The molecule has 1 rings (SSSR count). The van der Waals surface area contributed by atoms with Crippen molar-refractivity contribution < 1.29 is 5.11 Å². The lowest BCUT2D eigenvalue weighted by Gasteiger charge is -2.05. The van der Waals surface area contributed by atoms with Crippen molar-refractivity contribution in [2.75, 3.05) is 13.2 Å². The quantitative estimate of drug-likeness (QED) is 0.258. The fourth-order valence-electron chi connectivity index (χ4n) is 3.44. The molecule has 0 amide bonds. The van der Waals surface area contributed by atoms with Crippen LogP contribution in [-0.2, 0) is 0 Å². The summed E-state index contributed by atoms with van der Waals surface area (Å²) in [7, 11) is 0. The molecule has 0 aromatic rings. The maximum Gasteiger partial charge on any atom is 0.123 e. The largest absolute Gasteiger partial charge is 0.388 e. The van der Waals surface area contributed by atoms with Crippen LogP contribution in [0.25, 0.3) is 0 Å². The Morgan fingerprint density at radius 2 is 1.44 bits per heavy atom. The molecule has 3 nitrogen and oxygen atoms in total. The van der Waals surface area contributed by atoms with Gasteiger partial charge in [-0.15, -0.1) is 0 Å². The molecular formula is C22H42N2O. The summed E-state index contributed by atoms with van der Waals surface area (Å²) in [6.45, 7) is 3.26. The number of allylic oxidation sites excluding steroid dienone is 2. The molecule has 0 bridgehead atoms. The van der Waals surface area contributed by atoms with Gasteiger partial charge in [0.05, 0.1) is 6.04 Å². The zero-order valence-corrected chi connectivity index (χ0v) is 16.6. The summed E-state index contributed by atoms with van der Waals surface area (Å²) in [5, 5.41) is 12.2. The van der Waals surface area contributed by atoms with Crippen LogP contribution in [0.3, 0.4) is 0 Å². The Morgan fingerprint density at radius 1 is 0.880 bits per heavy atom. The molecule has 1 unspecified atom stereocenters. The summed E-state index contributed by atoms with van der Waals surface area (Å²) in [6.07, 6.45) is 25.0. The van der Waals surface area contributed by atoms with Crippen molar-refractivity contribution in [3.05, 3.63) is 12.2 Å². The van der Waals surface area contributed by atoms with Crippen LogP contribution in [0.15, 0.2) is 17.1 Å². The Hall–Kier alpha value is -0.830. The van der Waals surface area contributed by atoms with Gasteiger partial charge in [-0.3, -0.25) is 4.99 Å². The zero-order valence-electron chi connectivity index (χ0n) is 16.6. The van der Waals surface area contributed by atoms with E-state index in [2.05, 4.69) is 29.4 Å². The molecule has 0 saturated carbocycles. The fraction of sp³-hybridized carbons (Fsp3) is 0.864. The lowest BCUT2D eigenvalue weighted by atomic mass is 10.1. The molecule has 2 N–H and O–H groups in total. The molecule has 1 atom stereocenters. The number of nitrogens with zero attached hydrogens (tertiary/aromatic N) is 1. The Balaban J connectivity index is 1.76. The minimum Gasteiger partial charge on any atom is -0.388 e. The molecule has 1 aliphatic heterocycles. The van der Waals surface area contributed by atoms with Gasteiger partial charge in [-0.25, -0.2) is 0 Å². The van der Waals surface area contributed by atoms with E-state index >= 15 is 0 Å². The van der Waals surface area contributed by atoms with Gasteiger partial charge >= 0.3 is 0 Å².